The van der Waals surface area contributed by atoms with Gasteiger partial charge in [-0.1, -0.05) is 30.3 Å². The fourth-order valence-corrected chi connectivity index (χ4v) is 3.52. The summed E-state index contributed by atoms with van der Waals surface area (Å²) in [6, 6.07) is 16.6. The number of anilines is 2. The van der Waals surface area contributed by atoms with Gasteiger partial charge in [0.1, 0.15) is 16.9 Å². The van der Waals surface area contributed by atoms with Gasteiger partial charge in [0.15, 0.2) is 0 Å². The number of benzene rings is 2. The molecule has 1 aliphatic heterocycles. The number of nitrogens with one attached hydrogen (secondary N) is 1. The summed E-state index contributed by atoms with van der Waals surface area (Å²) in [4.78, 5) is 13.6. The molecule has 0 amide bonds. The van der Waals surface area contributed by atoms with E-state index >= 15 is 0 Å². The highest BCUT2D eigenvalue weighted by Crippen LogP contribution is 2.27. The van der Waals surface area contributed by atoms with Crippen LogP contribution in [0.1, 0.15) is 16.7 Å². The van der Waals surface area contributed by atoms with E-state index < -0.39 is 0 Å². The van der Waals surface area contributed by atoms with E-state index in [-0.39, 0.29) is 0 Å². The third-order valence-electron chi connectivity index (χ3n) is 4.93. The number of hydrogen-bond acceptors (Lipinski definition) is 6. The third kappa shape index (κ3) is 2.97. The second-order valence-electron chi connectivity index (χ2n) is 6.84. The summed E-state index contributed by atoms with van der Waals surface area (Å²) in [5.41, 5.74) is 5.61. The van der Waals surface area contributed by atoms with E-state index in [4.69, 9.17) is 4.98 Å². The van der Waals surface area contributed by atoms with Crippen molar-refractivity contribution in [1.82, 2.24) is 25.4 Å². The molecule has 0 bridgehead atoms. The van der Waals surface area contributed by atoms with Crippen molar-refractivity contribution >= 4 is 22.8 Å². The lowest BCUT2D eigenvalue weighted by Crippen LogP contribution is -2.22. The molecule has 7 heteroatoms. The Morgan fingerprint density at radius 1 is 1.00 bits per heavy atom. The molecule has 0 atom stereocenters. The van der Waals surface area contributed by atoms with Crippen LogP contribution in [0.3, 0.4) is 0 Å². The van der Waals surface area contributed by atoms with Crippen LogP contribution in [0.2, 0.25) is 0 Å². The van der Waals surface area contributed by atoms with Crippen LogP contribution in [0, 0.1) is 0 Å². The van der Waals surface area contributed by atoms with Crippen LogP contribution in [0.5, 0.6) is 0 Å². The van der Waals surface area contributed by atoms with Gasteiger partial charge in [-0.25, -0.2) is 4.98 Å². The molecule has 2 aromatic heterocycles. The Bertz CT molecular complexity index is 1080. The van der Waals surface area contributed by atoms with Crippen LogP contribution in [-0.4, -0.2) is 32.4 Å². The van der Waals surface area contributed by atoms with Crippen molar-refractivity contribution in [2.24, 2.45) is 0 Å². The average molecular weight is 357 g/mol. The highest BCUT2D eigenvalue weighted by atomic mass is 15.3. The number of aromatic amines is 1. The van der Waals surface area contributed by atoms with Gasteiger partial charge in [0.2, 0.25) is 5.95 Å². The minimum absolute atomic E-state index is 0.701. The molecule has 0 aliphatic carbocycles. The molecule has 0 radical (unpaired) electrons. The van der Waals surface area contributed by atoms with Crippen molar-refractivity contribution in [3.05, 3.63) is 71.4 Å². The maximum atomic E-state index is 4.79. The van der Waals surface area contributed by atoms with E-state index in [0.717, 1.165) is 35.5 Å². The Morgan fingerprint density at radius 2 is 1.78 bits per heavy atom. The molecule has 2 aromatic carbocycles. The number of hydrogen-bond donors (Lipinski definition) is 1. The average Bonchev–Trinajstić information content (AvgIpc) is 3.34. The fraction of sp³-hybridized carbons (Fsp3) is 0.200. The summed E-state index contributed by atoms with van der Waals surface area (Å²) in [5, 5.41) is 10.9. The molecular weight excluding hydrogens is 338 g/mol. The van der Waals surface area contributed by atoms with Gasteiger partial charge in [0.25, 0.3) is 0 Å². The first-order chi connectivity index (χ1) is 13.3. The molecule has 0 saturated heterocycles. The van der Waals surface area contributed by atoms with Crippen molar-refractivity contribution in [3.8, 4) is 0 Å². The first-order valence-corrected chi connectivity index (χ1v) is 8.91. The van der Waals surface area contributed by atoms with Gasteiger partial charge < -0.3 is 9.80 Å². The van der Waals surface area contributed by atoms with Gasteiger partial charge in [0.05, 0.1) is 0 Å². The van der Waals surface area contributed by atoms with Crippen molar-refractivity contribution in [1.29, 1.82) is 0 Å². The summed E-state index contributed by atoms with van der Waals surface area (Å²) in [6.45, 7) is 2.48. The number of fused-ring (bicyclic) bond motifs is 2. The van der Waals surface area contributed by atoms with Crippen LogP contribution in [0.25, 0.3) is 11.0 Å². The molecule has 7 nitrogen and oxygen atoms in total. The quantitative estimate of drug-likeness (QED) is 0.605. The van der Waals surface area contributed by atoms with Gasteiger partial charge in [-0.05, 0) is 34.9 Å². The standard InChI is InChI=1S/C20H19N7/c1-26(11-14-6-7-17-18(10-14)24-25-23-17)20-21-9-8-19(22-20)27-12-15-4-2-3-5-16(15)13-27/h2-10H,11-13H2,1H3,(H,23,24,25). The third-order valence-corrected chi connectivity index (χ3v) is 4.93. The zero-order valence-corrected chi connectivity index (χ0v) is 15.0. The predicted octanol–water partition coefficient (Wildman–Crippen LogP) is 2.90. The lowest BCUT2D eigenvalue weighted by Gasteiger charge is -2.21. The zero-order valence-electron chi connectivity index (χ0n) is 15.0. The van der Waals surface area contributed by atoms with E-state index in [2.05, 4.69) is 55.6 Å². The molecule has 1 N–H and O–H groups in total. The Kier molecular flexibility index (Phi) is 3.71. The smallest absolute Gasteiger partial charge is 0.227 e. The minimum atomic E-state index is 0.701. The number of rotatable bonds is 4. The number of H-pyrrole nitrogens is 1. The highest BCUT2D eigenvalue weighted by Gasteiger charge is 2.20. The first kappa shape index (κ1) is 15.7. The van der Waals surface area contributed by atoms with Crippen LogP contribution in [0.15, 0.2) is 54.7 Å². The SMILES string of the molecule is CN(Cc1ccc2n[nH]nc2c1)c1nccc(N2Cc3ccccc3C2)n1. The predicted molar refractivity (Wildman–Crippen MR) is 104 cm³/mol. The number of nitrogens with zero attached hydrogens (tertiary/aromatic N) is 6. The lowest BCUT2D eigenvalue weighted by atomic mass is 10.1. The normalized spacial score (nSPS) is 13.1. The monoisotopic (exact) mass is 357 g/mol. The second-order valence-corrected chi connectivity index (χ2v) is 6.84. The molecule has 134 valence electrons. The Balaban J connectivity index is 1.35. The molecule has 0 unspecified atom stereocenters. The molecule has 5 rings (SSSR count). The van der Waals surface area contributed by atoms with Gasteiger partial charge in [-0.15, -0.1) is 0 Å². The van der Waals surface area contributed by atoms with Crippen LogP contribution in [-0.2, 0) is 19.6 Å². The maximum Gasteiger partial charge on any atom is 0.227 e. The molecule has 0 fully saturated rings. The lowest BCUT2D eigenvalue weighted by molar-refractivity contribution is 0.824. The van der Waals surface area contributed by atoms with Crippen molar-refractivity contribution in [2.45, 2.75) is 19.6 Å². The summed E-state index contributed by atoms with van der Waals surface area (Å²) in [6.07, 6.45) is 1.83. The van der Waals surface area contributed by atoms with Gasteiger partial charge in [0, 0.05) is 32.9 Å². The minimum Gasteiger partial charge on any atom is -0.348 e. The molecule has 0 spiro atoms. The van der Waals surface area contributed by atoms with E-state index in [1.165, 1.54) is 11.1 Å². The molecular formula is C20H19N7. The highest BCUT2D eigenvalue weighted by molar-refractivity contribution is 5.74. The summed E-state index contributed by atoms with van der Waals surface area (Å²) >= 11 is 0. The topological polar surface area (TPSA) is 73.8 Å². The second kappa shape index (κ2) is 6.35. The van der Waals surface area contributed by atoms with E-state index in [1.54, 1.807) is 0 Å². The summed E-state index contributed by atoms with van der Waals surface area (Å²) in [7, 11) is 2.00. The summed E-state index contributed by atoms with van der Waals surface area (Å²) in [5.74, 6) is 1.67. The molecule has 3 heterocycles. The largest absolute Gasteiger partial charge is 0.348 e. The van der Waals surface area contributed by atoms with Crippen LogP contribution < -0.4 is 9.80 Å². The van der Waals surface area contributed by atoms with E-state index in [0.29, 0.717) is 12.5 Å². The van der Waals surface area contributed by atoms with Crippen LogP contribution in [0.4, 0.5) is 11.8 Å². The first-order valence-electron chi connectivity index (χ1n) is 8.91. The Labute approximate surface area is 156 Å². The number of aromatic nitrogens is 5. The van der Waals surface area contributed by atoms with Gasteiger partial charge >= 0.3 is 0 Å². The zero-order chi connectivity index (χ0) is 18.2. The molecule has 0 saturated carbocycles. The van der Waals surface area contributed by atoms with Crippen molar-refractivity contribution in [3.63, 3.8) is 0 Å². The molecule has 27 heavy (non-hydrogen) atoms. The Morgan fingerprint density at radius 3 is 2.59 bits per heavy atom. The van der Waals surface area contributed by atoms with Crippen molar-refractivity contribution < 1.29 is 0 Å². The van der Waals surface area contributed by atoms with E-state index in [9.17, 15) is 0 Å². The molecule has 1 aliphatic rings. The van der Waals surface area contributed by atoms with E-state index in [1.807, 2.05) is 36.3 Å². The fourth-order valence-electron chi connectivity index (χ4n) is 3.52. The Hall–Kier alpha value is -3.48. The van der Waals surface area contributed by atoms with Crippen LogP contribution >= 0.6 is 0 Å². The maximum absolute atomic E-state index is 4.79. The molecule has 4 aromatic rings. The van der Waals surface area contributed by atoms with Gasteiger partial charge in [-0.2, -0.15) is 20.4 Å². The van der Waals surface area contributed by atoms with Gasteiger partial charge in [-0.3, -0.25) is 0 Å². The van der Waals surface area contributed by atoms with Crippen molar-refractivity contribution in [2.75, 3.05) is 16.8 Å². The summed E-state index contributed by atoms with van der Waals surface area (Å²) < 4.78 is 0.